The first-order valence-corrected chi connectivity index (χ1v) is 7.90. The van der Waals surface area contributed by atoms with E-state index in [9.17, 15) is 4.79 Å². The molecule has 3 fully saturated rings. The highest BCUT2D eigenvalue weighted by Crippen LogP contribution is 2.60. The molecule has 1 spiro atoms. The van der Waals surface area contributed by atoms with Crippen molar-refractivity contribution in [2.24, 2.45) is 11.8 Å². The molecule has 20 heavy (non-hydrogen) atoms. The van der Waals surface area contributed by atoms with Crippen LogP contribution in [0, 0.1) is 11.8 Å². The molecular formula is C17H20N2O. The summed E-state index contributed by atoms with van der Waals surface area (Å²) in [5.41, 5.74) is 2.69. The van der Waals surface area contributed by atoms with E-state index < -0.39 is 0 Å². The topological polar surface area (TPSA) is 32.3 Å². The molecule has 1 saturated carbocycles. The second-order valence-electron chi connectivity index (χ2n) is 7.07. The van der Waals surface area contributed by atoms with E-state index >= 15 is 0 Å². The quantitative estimate of drug-likeness (QED) is 0.782. The molecule has 0 unspecified atom stereocenters. The summed E-state index contributed by atoms with van der Waals surface area (Å²) in [6.07, 6.45) is 3.45. The molecule has 2 aliphatic carbocycles. The van der Waals surface area contributed by atoms with E-state index in [1.54, 1.807) is 0 Å². The molecule has 2 bridgehead atoms. The van der Waals surface area contributed by atoms with Gasteiger partial charge in [0.2, 0.25) is 5.91 Å². The van der Waals surface area contributed by atoms with Crippen LogP contribution in [0.1, 0.15) is 43.2 Å². The minimum Gasteiger partial charge on any atom is -0.318 e. The molecule has 5 atom stereocenters. The molecule has 1 amide bonds. The van der Waals surface area contributed by atoms with Crippen LogP contribution in [0.5, 0.6) is 0 Å². The van der Waals surface area contributed by atoms with Gasteiger partial charge in [0.1, 0.15) is 5.66 Å². The Kier molecular flexibility index (Phi) is 1.95. The molecule has 3 heteroatoms. The number of rotatable bonds is 0. The van der Waals surface area contributed by atoms with Crippen LogP contribution >= 0.6 is 0 Å². The zero-order valence-corrected chi connectivity index (χ0v) is 11.8. The first kappa shape index (κ1) is 11.3. The van der Waals surface area contributed by atoms with Crippen molar-refractivity contribution in [2.75, 3.05) is 6.54 Å². The van der Waals surface area contributed by atoms with E-state index in [0.717, 1.165) is 13.0 Å². The van der Waals surface area contributed by atoms with Crippen molar-refractivity contribution in [2.45, 2.75) is 43.8 Å². The SMILES string of the molecule is C[C@H]1CN2C(=O)[C@H]3CC[C@@H]4C[C@H]3[C@@]2(N1)c1ccccc14. The number of hydrogen-bond donors (Lipinski definition) is 1. The maximum atomic E-state index is 12.8. The Morgan fingerprint density at radius 2 is 2.15 bits per heavy atom. The molecule has 5 rings (SSSR count). The molecule has 2 saturated heterocycles. The average Bonchev–Trinajstić information content (AvgIpc) is 2.93. The summed E-state index contributed by atoms with van der Waals surface area (Å²) >= 11 is 0. The lowest BCUT2D eigenvalue weighted by Gasteiger charge is -2.48. The van der Waals surface area contributed by atoms with Gasteiger partial charge in [-0.3, -0.25) is 10.1 Å². The fourth-order valence-corrected chi connectivity index (χ4v) is 5.52. The van der Waals surface area contributed by atoms with E-state index in [2.05, 4.69) is 41.4 Å². The highest BCUT2D eigenvalue weighted by Gasteiger charge is 2.66. The maximum absolute atomic E-state index is 12.8. The van der Waals surface area contributed by atoms with Crippen molar-refractivity contribution in [3.63, 3.8) is 0 Å². The molecule has 2 aliphatic heterocycles. The van der Waals surface area contributed by atoms with Gasteiger partial charge in [-0.1, -0.05) is 24.3 Å². The van der Waals surface area contributed by atoms with Crippen LogP contribution in [0.4, 0.5) is 0 Å². The number of carbonyl (C=O) groups is 1. The minimum absolute atomic E-state index is 0.186. The Balaban J connectivity index is 1.81. The van der Waals surface area contributed by atoms with Crippen LogP contribution in [0.25, 0.3) is 0 Å². The third-order valence-corrected chi connectivity index (χ3v) is 6.13. The van der Waals surface area contributed by atoms with Gasteiger partial charge in [-0.05, 0) is 43.2 Å². The second kappa shape index (κ2) is 3.45. The minimum atomic E-state index is -0.186. The van der Waals surface area contributed by atoms with Gasteiger partial charge < -0.3 is 4.90 Å². The van der Waals surface area contributed by atoms with Gasteiger partial charge in [-0.2, -0.15) is 0 Å². The first-order valence-electron chi connectivity index (χ1n) is 7.90. The first-order chi connectivity index (χ1) is 9.72. The molecule has 2 heterocycles. The number of amides is 1. The molecule has 3 nitrogen and oxygen atoms in total. The summed E-state index contributed by atoms with van der Waals surface area (Å²) < 4.78 is 0. The van der Waals surface area contributed by atoms with Crippen LogP contribution in [0.2, 0.25) is 0 Å². The van der Waals surface area contributed by atoms with Crippen molar-refractivity contribution in [3.05, 3.63) is 35.4 Å². The number of nitrogens with one attached hydrogen (secondary N) is 1. The predicted octanol–water partition coefficient (Wildman–Crippen LogP) is 2.19. The summed E-state index contributed by atoms with van der Waals surface area (Å²) in [5.74, 6) is 1.82. The summed E-state index contributed by atoms with van der Waals surface area (Å²) in [6.45, 7) is 3.07. The normalized spacial score (nSPS) is 44.5. The smallest absolute Gasteiger partial charge is 0.227 e. The van der Waals surface area contributed by atoms with Crippen LogP contribution in [0.15, 0.2) is 24.3 Å². The number of benzene rings is 1. The highest BCUT2D eigenvalue weighted by molar-refractivity contribution is 5.84. The molecule has 4 aliphatic rings. The van der Waals surface area contributed by atoms with Crippen molar-refractivity contribution in [1.82, 2.24) is 10.2 Å². The molecule has 104 valence electrons. The zero-order valence-electron chi connectivity index (χ0n) is 11.8. The van der Waals surface area contributed by atoms with Gasteiger partial charge >= 0.3 is 0 Å². The molecule has 1 aromatic carbocycles. The summed E-state index contributed by atoms with van der Waals surface area (Å²) in [4.78, 5) is 15.0. The highest BCUT2D eigenvalue weighted by atomic mass is 16.2. The monoisotopic (exact) mass is 268 g/mol. The van der Waals surface area contributed by atoms with Crippen molar-refractivity contribution >= 4 is 5.91 Å². The summed E-state index contributed by atoms with van der Waals surface area (Å²) in [5, 5.41) is 3.81. The lowest BCUT2D eigenvalue weighted by Crippen LogP contribution is -2.54. The largest absolute Gasteiger partial charge is 0.318 e. The third-order valence-electron chi connectivity index (χ3n) is 6.13. The maximum Gasteiger partial charge on any atom is 0.227 e. The van der Waals surface area contributed by atoms with Crippen molar-refractivity contribution in [1.29, 1.82) is 0 Å². The number of nitrogens with zero attached hydrogens (tertiary/aromatic N) is 1. The summed E-state index contributed by atoms with van der Waals surface area (Å²) in [6, 6.07) is 9.23. The molecular weight excluding hydrogens is 248 g/mol. The molecule has 1 N–H and O–H groups in total. The van der Waals surface area contributed by atoms with Crippen LogP contribution < -0.4 is 5.32 Å². The van der Waals surface area contributed by atoms with Gasteiger partial charge in [0.15, 0.2) is 0 Å². The molecule has 1 aromatic rings. The molecule has 0 radical (unpaired) electrons. The van der Waals surface area contributed by atoms with Gasteiger partial charge in [0, 0.05) is 24.4 Å². The van der Waals surface area contributed by atoms with E-state index in [-0.39, 0.29) is 11.6 Å². The van der Waals surface area contributed by atoms with E-state index in [1.165, 1.54) is 24.0 Å². The van der Waals surface area contributed by atoms with E-state index in [1.807, 2.05) is 0 Å². The van der Waals surface area contributed by atoms with Gasteiger partial charge in [0.25, 0.3) is 0 Å². The van der Waals surface area contributed by atoms with Gasteiger partial charge in [-0.25, -0.2) is 0 Å². The number of hydrogen-bond acceptors (Lipinski definition) is 2. The molecule has 0 aromatic heterocycles. The lowest BCUT2D eigenvalue weighted by molar-refractivity contribution is -0.133. The van der Waals surface area contributed by atoms with E-state index in [4.69, 9.17) is 0 Å². The fraction of sp³-hybridized carbons (Fsp3) is 0.588. The van der Waals surface area contributed by atoms with Gasteiger partial charge in [0.05, 0.1) is 0 Å². The van der Waals surface area contributed by atoms with Crippen molar-refractivity contribution in [3.8, 4) is 0 Å². The fourth-order valence-electron chi connectivity index (χ4n) is 5.52. The predicted molar refractivity (Wildman–Crippen MR) is 76.0 cm³/mol. The Hall–Kier alpha value is -1.35. The lowest BCUT2D eigenvalue weighted by atomic mass is 9.62. The number of fused-ring (bicyclic) bond motifs is 3. The summed E-state index contributed by atoms with van der Waals surface area (Å²) in [7, 11) is 0. The van der Waals surface area contributed by atoms with Crippen molar-refractivity contribution < 1.29 is 4.79 Å². The van der Waals surface area contributed by atoms with Crippen LogP contribution in [-0.4, -0.2) is 23.4 Å². The standard InChI is InChI=1S/C17H20N2O/c1-10-9-19-16(20)13-7-6-11-8-15(13)17(19,18-10)14-5-3-2-4-12(11)14/h2-5,10-11,13,15,18H,6-9H2,1H3/t10-,11+,13-,15+,17+/m0/s1. The Morgan fingerprint density at radius 3 is 3.05 bits per heavy atom. The van der Waals surface area contributed by atoms with Crippen LogP contribution in [0.3, 0.4) is 0 Å². The second-order valence-corrected chi connectivity index (χ2v) is 7.07. The van der Waals surface area contributed by atoms with Crippen LogP contribution in [-0.2, 0) is 10.5 Å². The Morgan fingerprint density at radius 1 is 1.30 bits per heavy atom. The third kappa shape index (κ3) is 1.07. The Bertz CT molecular complexity index is 613. The van der Waals surface area contributed by atoms with E-state index in [0.29, 0.717) is 23.8 Å². The Labute approximate surface area is 119 Å². The van der Waals surface area contributed by atoms with Gasteiger partial charge in [-0.15, -0.1) is 0 Å². The zero-order chi connectivity index (χ0) is 13.5. The average molecular weight is 268 g/mol. The number of carbonyl (C=O) groups excluding carboxylic acids is 1.